The van der Waals surface area contributed by atoms with E-state index < -0.39 is 11.5 Å². The van der Waals surface area contributed by atoms with Crippen LogP contribution in [0.1, 0.15) is 73.6 Å². The molecule has 8 heteroatoms. The van der Waals surface area contributed by atoms with Crippen molar-refractivity contribution in [1.82, 2.24) is 20.0 Å². The van der Waals surface area contributed by atoms with E-state index >= 15 is 0 Å². The molecule has 0 radical (unpaired) electrons. The van der Waals surface area contributed by atoms with E-state index in [1.165, 1.54) is 0 Å². The number of nitrogens with zero attached hydrogens (tertiary/aromatic N) is 3. The number of nitrogens with one attached hydrogen (secondary N) is 1. The van der Waals surface area contributed by atoms with E-state index in [4.69, 9.17) is 4.74 Å². The van der Waals surface area contributed by atoms with Gasteiger partial charge in [-0.15, -0.1) is 0 Å². The van der Waals surface area contributed by atoms with E-state index in [0.717, 1.165) is 45.2 Å². The Kier molecular flexibility index (Phi) is 11.0. The third kappa shape index (κ3) is 7.54. The quantitative estimate of drug-likeness (QED) is 0.486. The maximum Gasteiger partial charge on any atom is 0.249 e. The summed E-state index contributed by atoms with van der Waals surface area (Å²) >= 11 is 0. The zero-order chi connectivity index (χ0) is 27.2. The normalized spacial score (nSPS) is 23.5. The molecule has 3 amide bonds. The lowest BCUT2D eigenvalue weighted by molar-refractivity contribution is -0.141. The first kappa shape index (κ1) is 30.3. The predicted octanol–water partition coefficient (Wildman–Crippen LogP) is 3.07. The Hall–Kier alpha value is -1.93. The van der Waals surface area contributed by atoms with Crippen LogP contribution in [0, 0.1) is 11.3 Å². The number of likely N-dealkylation sites (N-methyl/N-ethyl adjacent to an activating group) is 2. The van der Waals surface area contributed by atoms with Crippen LogP contribution in [0.15, 0.2) is 11.6 Å². The molecular formula is C28H50N4O4. The highest BCUT2D eigenvalue weighted by Gasteiger charge is 2.39. The van der Waals surface area contributed by atoms with Crippen LogP contribution < -0.4 is 5.32 Å². The summed E-state index contributed by atoms with van der Waals surface area (Å²) in [5, 5.41) is 3.09. The second-order valence-electron chi connectivity index (χ2n) is 12.1. The van der Waals surface area contributed by atoms with Gasteiger partial charge in [0.1, 0.15) is 6.04 Å². The molecule has 206 valence electrons. The lowest BCUT2D eigenvalue weighted by Gasteiger charge is -2.39. The van der Waals surface area contributed by atoms with Crippen molar-refractivity contribution in [3.63, 3.8) is 0 Å². The Morgan fingerprint density at radius 2 is 1.78 bits per heavy atom. The van der Waals surface area contributed by atoms with Gasteiger partial charge < -0.3 is 19.9 Å². The molecule has 0 unspecified atom stereocenters. The summed E-state index contributed by atoms with van der Waals surface area (Å²) in [6, 6.07) is -1.05. The van der Waals surface area contributed by atoms with Crippen molar-refractivity contribution in [3.05, 3.63) is 11.6 Å². The predicted molar refractivity (Wildman–Crippen MR) is 143 cm³/mol. The fraction of sp³-hybridized carbons (Fsp3) is 0.821. The second kappa shape index (κ2) is 13.0. The first-order chi connectivity index (χ1) is 16.8. The second-order valence-corrected chi connectivity index (χ2v) is 12.1. The van der Waals surface area contributed by atoms with E-state index in [1.54, 1.807) is 19.1 Å². The molecule has 2 saturated heterocycles. The number of carbonyl (C=O) groups is 3. The molecule has 2 heterocycles. The molecule has 0 aromatic rings. The van der Waals surface area contributed by atoms with E-state index in [2.05, 4.69) is 10.2 Å². The minimum atomic E-state index is -0.666. The molecule has 1 N–H and O–H groups in total. The third-order valence-corrected chi connectivity index (χ3v) is 7.71. The molecule has 0 spiro atoms. The molecule has 0 saturated carbocycles. The summed E-state index contributed by atoms with van der Waals surface area (Å²) in [5.41, 5.74) is 0.171. The average molecular weight is 507 g/mol. The number of hydrogen-bond acceptors (Lipinski definition) is 5. The maximum absolute atomic E-state index is 13.8. The van der Waals surface area contributed by atoms with Crippen LogP contribution in [0.3, 0.4) is 0 Å². The minimum absolute atomic E-state index is 0.00191. The zero-order valence-electron chi connectivity index (χ0n) is 24.1. The largest absolute Gasteiger partial charge is 0.383 e. The maximum atomic E-state index is 13.8. The number of ether oxygens (including phenoxy) is 1. The van der Waals surface area contributed by atoms with Gasteiger partial charge in [-0.2, -0.15) is 0 Å². The summed E-state index contributed by atoms with van der Waals surface area (Å²) in [5.74, 6) is -0.124. The molecule has 2 fully saturated rings. The Bertz CT molecular complexity index is 804. The van der Waals surface area contributed by atoms with Gasteiger partial charge in [0, 0.05) is 26.3 Å². The van der Waals surface area contributed by atoms with Crippen LogP contribution in [0.4, 0.5) is 0 Å². The molecular weight excluding hydrogens is 456 g/mol. The Morgan fingerprint density at radius 1 is 1.11 bits per heavy atom. The van der Waals surface area contributed by atoms with Crippen LogP contribution in [0.2, 0.25) is 0 Å². The SMILES string of the molecule is COC[C@@H]1CCCN1C(=O)/C(C)=C/[C@H](C(C)C)N(C)C(=O)[C@@H](NC(=O)[C@H]1CCCCN1C)C(C)(C)C. The zero-order valence-corrected chi connectivity index (χ0v) is 24.1. The van der Waals surface area contributed by atoms with Gasteiger partial charge in [-0.25, -0.2) is 0 Å². The van der Waals surface area contributed by atoms with Gasteiger partial charge in [-0.1, -0.05) is 47.1 Å². The number of hydrogen-bond donors (Lipinski definition) is 1. The fourth-order valence-electron chi connectivity index (χ4n) is 5.42. The molecule has 0 aromatic carbocycles. The van der Waals surface area contributed by atoms with Crippen molar-refractivity contribution in [2.45, 2.75) is 97.8 Å². The van der Waals surface area contributed by atoms with Crippen molar-refractivity contribution in [2.24, 2.45) is 11.3 Å². The highest BCUT2D eigenvalue weighted by Crippen LogP contribution is 2.26. The van der Waals surface area contributed by atoms with Gasteiger partial charge in [0.2, 0.25) is 17.7 Å². The van der Waals surface area contributed by atoms with Gasteiger partial charge >= 0.3 is 0 Å². The minimum Gasteiger partial charge on any atom is -0.383 e. The highest BCUT2D eigenvalue weighted by molar-refractivity contribution is 5.94. The fourth-order valence-corrected chi connectivity index (χ4v) is 5.42. The van der Waals surface area contributed by atoms with E-state index in [-0.39, 0.29) is 41.8 Å². The summed E-state index contributed by atoms with van der Waals surface area (Å²) in [4.78, 5) is 46.0. The number of carbonyl (C=O) groups excluding carboxylic acids is 3. The molecule has 0 aromatic heterocycles. The average Bonchev–Trinajstić information content (AvgIpc) is 3.27. The molecule has 2 rings (SSSR count). The van der Waals surface area contributed by atoms with Crippen molar-refractivity contribution in [1.29, 1.82) is 0 Å². The Balaban J connectivity index is 2.22. The Labute approximate surface area is 218 Å². The van der Waals surface area contributed by atoms with Gasteiger partial charge in [-0.05, 0) is 57.5 Å². The van der Waals surface area contributed by atoms with E-state index in [1.807, 2.05) is 59.6 Å². The third-order valence-electron chi connectivity index (χ3n) is 7.71. The van der Waals surface area contributed by atoms with Gasteiger partial charge in [-0.3, -0.25) is 19.3 Å². The van der Waals surface area contributed by atoms with Crippen LogP contribution in [-0.2, 0) is 19.1 Å². The smallest absolute Gasteiger partial charge is 0.249 e. The first-order valence-electron chi connectivity index (χ1n) is 13.5. The van der Waals surface area contributed by atoms with E-state index in [9.17, 15) is 14.4 Å². The van der Waals surface area contributed by atoms with Crippen molar-refractivity contribution >= 4 is 17.7 Å². The number of piperidine rings is 1. The Morgan fingerprint density at radius 3 is 2.33 bits per heavy atom. The van der Waals surface area contributed by atoms with Gasteiger partial charge in [0.25, 0.3) is 0 Å². The summed E-state index contributed by atoms with van der Waals surface area (Å²) in [7, 11) is 5.42. The number of likely N-dealkylation sites (tertiary alicyclic amines) is 2. The molecule has 0 aliphatic carbocycles. The van der Waals surface area contributed by atoms with Gasteiger partial charge in [0.15, 0.2) is 0 Å². The number of amides is 3. The standard InChI is InChI=1S/C28H50N4O4/c1-19(2)23(17-20(3)26(34)32-16-12-13-21(32)18-36-9)31(8)27(35)24(28(4,5)6)29-25(33)22-14-10-11-15-30(22)7/h17,19,21-24H,10-16,18H2,1-9H3,(H,29,33)/b20-17+/t21-,22+,23+,24+/m0/s1. The van der Waals surface area contributed by atoms with E-state index in [0.29, 0.717) is 12.2 Å². The van der Waals surface area contributed by atoms with Crippen LogP contribution >= 0.6 is 0 Å². The molecule has 0 bridgehead atoms. The molecule has 2 aliphatic heterocycles. The van der Waals surface area contributed by atoms with Crippen molar-refractivity contribution in [2.75, 3.05) is 40.9 Å². The van der Waals surface area contributed by atoms with Crippen molar-refractivity contribution in [3.8, 4) is 0 Å². The highest BCUT2D eigenvalue weighted by atomic mass is 16.5. The first-order valence-corrected chi connectivity index (χ1v) is 13.5. The number of methoxy groups -OCH3 is 1. The van der Waals surface area contributed by atoms with Gasteiger partial charge in [0.05, 0.1) is 24.7 Å². The monoisotopic (exact) mass is 506 g/mol. The van der Waals surface area contributed by atoms with Crippen molar-refractivity contribution < 1.29 is 19.1 Å². The topological polar surface area (TPSA) is 82.2 Å². The molecule has 36 heavy (non-hydrogen) atoms. The number of rotatable bonds is 9. The van der Waals surface area contributed by atoms with Crippen LogP contribution in [0.5, 0.6) is 0 Å². The molecule has 2 aliphatic rings. The summed E-state index contributed by atoms with van der Waals surface area (Å²) in [6.07, 6.45) is 6.76. The molecule has 8 nitrogen and oxygen atoms in total. The summed E-state index contributed by atoms with van der Waals surface area (Å²) in [6.45, 7) is 14.0. The van der Waals surface area contributed by atoms with Crippen LogP contribution in [-0.4, -0.2) is 97.5 Å². The van der Waals surface area contributed by atoms with Crippen LogP contribution in [0.25, 0.3) is 0 Å². The lowest BCUT2D eigenvalue weighted by Crippen LogP contribution is -2.59. The molecule has 4 atom stereocenters. The lowest BCUT2D eigenvalue weighted by atomic mass is 9.84. The summed E-state index contributed by atoms with van der Waals surface area (Å²) < 4.78 is 5.31.